The van der Waals surface area contributed by atoms with Gasteiger partial charge in [0.1, 0.15) is 0 Å². The number of hydrogen-bond acceptors (Lipinski definition) is 4. The van der Waals surface area contributed by atoms with Crippen molar-refractivity contribution < 1.29 is 4.79 Å². The quantitative estimate of drug-likeness (QED) is 0.690. The number of amides is 1. The van der Waals surface area contributed by atoms with Crippen LogP contribution in [-0.2, 0) is 13.6 Å². The molecule has 0 N–H and O–H groups in total. The lowest BCUT2D eigenvalue weighted by Crippen LogP contribution is -2.49. The molecule has 1 aromatic heterocycles. The van der Waals surface area contributed by atoms with Crippen molar-refractivity contribution in [2.45, 2.75) is 20.4 Å². The summed E-state index contributed by atoms with van der Waals surface area (Å²) in [6.45, 7) is 7.67. The molecule has 1 fully saturated rings. The summed E-state index contributed by atoms with van der Waals surface area (Å²) < 4.78 is 1.62. The van der Waals surface area contributed by atoms with E-state index in [-0.39, 0.29) is 17.0 Å². The minimum absolute atomic E-state index is 0.0118. The van der Waals surface area contributed by atoms with Crippen molar-refractivity contribution in [3.8, 4) is 0 Å². The van der Waals surface area contributed by atoms with Gasteiger partial charge < -0.3 is 4.90 Å². The van der Waals surface area contributed by atoms with Gasteiger partial charge in [-0.05, 0) is 31.5 Å². The van der Waals surface area contributed by atoms with E-state index in [1.165, 1.54) is 11.1 Å². The predicted molar refractivity (Wildman–Crippen MR) is 114 cm³/mol. The Hall–Kier alpha value is -2.99. The number of carbonyl (C=O) groups excluding carboxylic acids is 1. The van der Waals surface area contributed by atoms with Crippen molar-refractivity contribution in [3.63, 3.8) is 0 Å². The first-order valence-corrected chi connectivity index (χ1v) is 9.97. The molecule has 0 aliphatic carbocycles. The summed E-state index contributed by atoms with van der Waals surface area (Å²) in [6.07, 6.45) is 0. The van der Waals surface area contributed by atoms with Gasteiger partial charge in [-0.15, -0.1) is 0 Å². The molecule has 3 aromatic rings. The average Bonchev–Trinajstić information content (AvgIpc) is 2.71. The Morgan fingerprint density at radius 2 is 1.72 bits per heavy atom. The van der Waals surface area contributed by atoms with Crippen LogP contribution in [0.3, 0.4) is 0 Å². The highest BCUT2D eigenvalue weighted by molar-refractivity contribution is 5.95. The van der Waals surface area contributed by atoms with Gasteiger partial charge in [-0.1, -0.05) is 41.5 Å². The van der Waals surface area contributed by atoms with Crippen LogP contribution in [0.5, 0.6) is 0 Å². The Labute approximate surface area is 170 Å². The average molecular weight is 390 g/mol. The van der Waals surface area contributed by atoms with Crippen LogP contribution in [0.4, 0.5) is 0 Å². The summed E-state index contributed by atoms with van der Waals surface area (Å²) >= 11 is 0. The van der Waals surface area contributed by atoms with Crippen molar-refractivity contribution in [1.29, 1.82) is 0 Å². The molecular formula is C23H26N4O2. The molecular weight excluding hydrogens is 364 g/mol. The summed E-state index contributed by atoms with van der Waals surface area (Å²) in [5, 5.41) is 4.85. The van der Waals surface area contributed by atoms with E-state index in [2.05, 4.69) is 41.2 Å². The minimum atomic E-state index is -0.283. The molecule has 0 radical (unpaired) electrons. The minimum Gasteiger partial charge on any atom is -0.335 e. The Morgan fingerprint density at radius 1 is 1.00 bits per heavy atom. The van der Waals surface area contributed by atoms with Crippen LogP contribution in [0.2, 0.25) is 0 Å². The third-order valence-corrected chi connectivity index (χ3v) is 5.56. The van der Waals surface area contributed by atoms with E-state index in [1.807, 2.05) is 25.1 Å². The Bertz CT molecular complexity index is 1130. The second-order valence-electron chi connectivity index (χ2n) is 7.88. The molecule has 29 heavy (non-hydrogen) atoms. The van der Waals surface area contributed by atoms with E-state index in [9.17, 15) is 9.59 Å². The van der Waals surface area contributed by atoms with Gasteiger partial charge in [0.05, 0.1) is 10.9 Å². The lowest BCUT2D eigenvalue weighted by atomic mass is 10.1. The zero-order valence-corrected chi connectivity index (χ0v) is 17.2. The van der Waals surface area contributed by atoms with Gasteiger partial charge in [-0.2, -0.15) is 5.10 Å². The van der Waals surface area contributed by atoms with Crippen LogP contribution >= 0.6 is 0 Å². The smallest absolute Gasteiger partial charge is 0.278 e. The van der Waals surface area contributed by atoms with Gasteiger partial charge in [0.25, 0.3) is 5.91 Å². The van der Waals surface area contributed by atoms with E-state index < -0.39 is 0 Å². The van der Waals surface area contributed by atoms with Gasteiger partial charge in [0.2, 0.25) is 5.43 Å². The van der Waals surface area contributed by atoms with E-state index in [1.54, 1.807) is 16.6 Å². The molecule has 0 unspecified atom stereocenters. The molecule has 2 heterocycles. The van der Waals surface area contributed by atoms with Gasteiger partial charge in [0, 0.05) is 39.8 Å². The number of aryl methyl sites for hydroxylation is 3. The number of rotatable bonds is 3. The predicted octanol–water partition coefficient (Wildman–Crippen LogP) is 2.51. The van der Waals surface area contributed by atoms with Crippen LogP contribution in [0.25, 0.3) is 10.9 Å². The number of piperazine rings is 1. The molecule has 1 aliphatic heterocycles. The van der Waals surface area contributed by atoms with Crippen molar-refractivity contribution >= 4 is 16.8 Å². The molecule has 0 atom stereocenters. The lowest BCUT2D eigenvalue weighted by Gasteiger charge is -2.34. The first-order valence-electron chi connectivity index (χ1n) is 9.97. The van der Waals surface area contributed by atoms with Crippen LogP contribution in [0.15, 0.2) is 47.3 Å². The van der Waals surface area contributed by atoms with Crippen molar-refractivity contribution in [1.82, 2.24) is 19.6 Å². The highest BCUT2D eigenvalue weighted by atomic mass is 16.2. The molecule has 150 valence electrons. The maximum atomic E-state index is 13.0. The van der Waals surface area contributed by atoms with Crippen molar-refractivity contribution in [3.05, 3.63) is 75.1 Å². The van der Waals surface area contributed by atoms with Gasteiger partial charge >= 0.3 is 0 Å². The SMILES string of the molecule is Cc1cccc(CN2CCN(C(=O)c3nn(C)c4ccc(C)cc4c3=O)CC2)c1. The van der Waals surface area contributed by atoms with Gasteiger partial charge in [-0.25, -0.2) is 0 Å². The second-order valence-corrected chi connectivity index (χ2v) is 7.88. The Balaban J connectivity index is 1.50. The maximum absolute atomic E-state index is 13.0. The summed E-state index contributed by atoms with van der Waals surface area (Å²) in [4.78, 5) is 30.1. The topological polar surface area (TPSA) is 58.4 Å². The molecule has 1 amide bonds. The van der Waals surface area contributed by atoms with Crippen molar-refractivity contribution in [2.75, 3.05) is 26.2 Å². The molecule has 1 aliphatic rings. The molecule has 2 aromatic carbocycles. The fourth-order valence-electron chi connectivity index (χ4n) is 3.96. The molecule has 1 saturated heterocycles. The van der Waals surface area contributed by atoms with E-state index in [4.69, 9.17) is 0 Å². The first-order chi connectivity index (χ1) is 13.9. The van der Waals surface area contributed by atoms with Crippen molar-refractivity contribution in [2.24, 2.45) is 7.05 Å². The number of carbonyl (C=O) groups is 1. The normalized spacial score (nSPS) is 15.1. The fourth-order valence-corrected chi connectivity index (χ4v) is 3.96. The van der Waals surface area contributed by atoms with E-state index >= 15 is 0 Å². The summed E-state index contributed by atoms with van der Waals surface area (Å²) in [6, 6.07) is 14.1. The Morgan fingerprint density at radius 3 is 2.45 bits per heavy atom. The van der Waals surface area contributed by atoms with E-state index in [0.717, 1.165) is 30.7 Å². The summed E-state index contributed by atoms with van der Waals surface area (Å²) in [7, 11) is 1.77. The maximum Gasteiger partial charge on any atom is 0.278 e. The van der Waals surface area contributed by atoms with Gasteiger partial charge in [-0.3, -0.25) is 19.2 Å². The number of aromatic nitrogens is 2. The monoisotopic (exact) mass is 390 g/mol. The molecule has 0 spiro atoms. The van der Waals surface area contributed by atoms with Gasteiger partial charge in [0.15, 0.2) is 5.69 Å². The third-order valence-electron chi connectivity index (χ3n) is 5.56. The largest absolute Gasteiger partial charge is 0.335 e. The molecule has 6 heteroatoms. The molecule has 0 bridgehead atoms. The second kappa shape index (κ2) is 7.79. The number of hydrogen-bond donors (Lipinski definition) is 0. The zero-order valence-electron chi connectivity index (χ0n) is 17.2. The molecule has 0 saturated carbocycles. The fraction of sp³-hybridized carbons (Fsp3) is 0.348. The third kappa shape index (κ3) is 3.93. The van der Waals surface area contributed by atoms with Crippen LogP contribution in [0.1, 0.15) is 27.2 Å². The number of fused-ring (bicyclic) bond motifs is 1. The zero-order chi connectivity index (χ0) is 20.5. The van der Waals surface area contributed by atoms with Crippen LogP contribution < -0.4 is 5.43 Å². The Kier molecular flexibility index (Phi) is 5.20. The number of benzene rings is 2. The standard InChI is InChI=1S/C23H26N4O2/c1-16-5-4-6-18(13-16)15-26-9-11-27(12-10-26)23(29)21-22(28)19-14-17(2)7-8-20(19)25(3)24-21/h4-8,13-14H,9-12,15H2,1-3H3. The van der Waals surface area contributed by atoms with E-state index in [0.29, 0.717) is 18.5 Å². The number of nitrogens with zero attached hydrogens (tertiary/aromatic N) is 4. The highest BCUT2D eigenvalue weighted by Crippen LogP contribution is 2.14. The summed E-state index contributed by atoms with van der Waals surface area (Å²) in [5.41, 5.74) is 3.99. The molecule has 6 nitrogen and oxygen atoms in total. The first kappa shape index (κ1) is 19.3. The summed E-state index contributed by atoms with van der Waals surface area (Å²) in [5.74, 6) is -0.274. The highest BCUT2D eigenvalue weighted by Gasteiger charge is 2.26. The van der Waals surface area contributed by atoms with Crippen LogP contribution in [-0.4, -0.2) is 51.7 Å². The molecule has 4 rings (SSSR count). The lowest BCUT2D eigenvalue weighted by molar-refractivity contribution is 0.0619. The van der Waals surface area contributed by atoms with Crippen LogP contribution in [0, 0.1) is 13.8 Å².